The van der Waals surface area contributed by atoms with Crippen molar-refractivity contribution in [1.82, 2.24) is 15.1 Å². The van der Waals surface area contributed by atoms with Crippen molar-refractivity contribution in [3.8, 4) is 0 Å². The molecule has 26 heavy (non-hydrogen) atoms. The minimum absolute atomic E-state index is 0. The van der Waals surface area contributed by atoms with Gasteiger partial charge in [-0.25, -0.2) is 0 Å². The van der Waals surface area contributed by atoms with Gasteiger partial charge in [0, 0.05) is 38.6 Å². The van der Waals surface area contributed by atoms with Crippen LogP contribution in [0.15, 0.2) is 0 Å². The second-order valence-electron chi connectivity index (χ2n) is 8.13. The van der Waals surface area contributed by atoms with Crippen molar-refractivity contribution in [2.75, 3.05) is 39.3 Å². The van der Waals surface area contributed by atoms with E-state index in [4.69, 9.17) is 4.74 Å². The molecule has 3 rings (SSSR count). The number of ether oxygens (including phenoxy) is 1. The lowest BCUT2D eigenvalue weighted by Gasteiger charge is -2.37. The molecule has 3 saturated heterocycles. The van der Waals surface area contributed by atoms with Crippen LogP contribution in [0.1, 0.15) is 52.4 Å². The predicted molar refractivity (Wildman–Crippen MR) is 111 cm³/mol. The number of piperidine rings is 1. The van der Waals surface area contributed by atoms with Gasteiger partial charge in [-0.2, -0.15) is 0 Å². The SMILES string of the molecule is CC1CN(CCC2CCN(C(=O)CC3CCCN3)CC2)CC(C)O1.Cl.Cl. The molecule has 0 aliphatic carbocycles. The number of rotatable bonds is 5. The summed E-state index contributed by atoms with van der Waals surface area (Å²) in [6, 6.07) is 0.431. The average Bonchev–Trinajstić information content (AvgIpc) is 3.05. The molecule has 1 amide bonds. The number of carbonyl (C=O) groups is 1. The van der Waals surface area contributed by atoms with E-state index in [1.807, 2.05) is 0 Å². The molecule has 0 aromatic heterocycles. The zero-order valence-electron chi connectivity index (χ0n) is 16.3. The van der Waals surface area contributed by atoms with Gasteiger partial charge in [0.15, 0.2) is 0 Å². The molecule has 3 unspecified atom stereocenters. The Morgan fingerprint density at radius 2 is 1.73 bits per heavy atom. The number of morpholine rings is 1. The minimum Gasteiger partial charge on any atom is -0.373 e. The second kappa shape index (κ2) is 11.7. The van der Waals surface area contributed by atoms with Crippen molar-refractivity contribution in [3.63, 3.8) is 0 Å². The van der Waals surface area contributed by atoms with E-state index in [0.717, 1.165) is 38.6 Å². The molecule has 154 valence electrons. The monoisotopic (exact) mass is 409 g/mol. The minimum atomic E-state index is 0. The molecule has 3 heterocycles. The van der Waals surface area contributed by atoms with Gasteiger partial charge in [0.25, 0.3) is 0 Å². The van der Waals surface area contributed by atoms with Crippen LogP contribution in [0.5, 0.6) is 0 Å². The summed E-state index contributed by atoms with van der Waals surface area (Å²) in [7, 11) is 0. The van der Waals surface area contributed by atoms with Crippen LogP contribution < -0.4 is 5.32 Å². The lowest BCUT2D eigenvalue weighted by Crippen LogP contribution is -2.46. The number of nitrogens with zero attached hydrogens (tertiary/aromatic N) is 2. The second-order valence-corrected chi connectivity index (χ2v) is 8.13. The van der Waals surface area contributed by atoms with Crippen LogP contribution in [0.2, 0.25) is 0 Å². The summed E-state index contributed by atoms with van der Waals surface area (Å²) < 4.78 is 5.81. The van der Waals surface area contributed by atoms with Crippen LogP contribution in [0.3, 0.4) is 0 Å². The van der Waals surface area contributed by atoms with E-state index >= 15 is 0 Å². The maximum Gasteiger partial charge on any atom is 0.224 e. The predicted octanol–water partition coefficient (Wildman–Crippen LogP) is 2.71. The van der Waals surface area contributed by atoms with Crippen LogP contribution in [-0.2, 0) is 9.53 Å². The summed E-state index contributed by atoms with van der Waals surface area (Å²) in [5.41, 5.74) is 0. The molecule has 0 spiro atoms. The zero-order chi connectivity index (χ0) is 16.9. The Bertz CT molecular complexity index is 404. The van der Waals surface area contributed by atoms with Crippen molar-refractivity contribution < 1.29 is 9.53 Å². The lowest BCUT2D eigenvalue weighted by atomic mass is 9.92. The molecular formula is C19H37Cl2N3O2. The molecule has 0 aromatic rings. The summed E-state index contributed by atoms with van der Waals surface area (Å²) in [5.74, 6) is 1.15. The van der Waals surface area contributed by atoms with Gasteiger partial charge in [-0.15, -0.1) is 24.8 Å². The Kier molecular flexibility index (Phi) is 10.8. The summed E-state index contributed by atoms with van der Waals surface area (Å²) in [4.78, 5) is 17.1. The first kappa shape index (κ1) is 24.0. The molecule has 3 fully saturated rings. The Morgan fingerprint density at radius 3 is 2.31 bits per heavy atom. The number of carbonyl (C=O) groups excluding carboxylic acids is 1. The van der Waals surface area contributed by atoms with E-state index in [-0.39, 0.29) is 24.8 Å². The Morgan fingerprint density at radius 1 is 1.08 bits per heavy atom. The maximum absolute atomic E-state index is 12.4. The number of amides is 1. The average molecular weight is 410 g/mol. The van der Waals surface area contributed by atoms with Crippen molar-refractivity contribution in [2.24, 2.45) is 5.92 Å². The van der Waals surface area contributed by atoms with Crippen molar-refractivity contribution >= 4 is 30.7 Å². The van der Waals surface area contributed by atoms with Gasteiger partial charge in [-0.1, -0.05) is 0 Å². The first-order valence-electron chi connectivity index (χ1n) is 9.99. The zero-order valence-corrected chi connectivity index (χ0v) is 18.0. The number of likely N-dealkylation sites (tertiary alicyclic amines) is 1. The van der Waals surface area contributed by atoms with E-state index in [2.05, 4.69) is 29.0 Å². The fourth-order valence-corrected chi connectivity index (χ4v) is 4.57. The first-order valence-corrected chi connectivity index (χ1v) is 9.99. The van der Waals surface area contributed by atoms with Crippen LogP contribution in [0, 0.1) is 5.92 Å². The van der Waals surface area contributed by atoms with Crippen LogP contribution in [0.4, 0.5) is 0 Å². The highest BCUT2D eigenvalue weighted by atomic mass is 35.5. The summed E-state index contributed by atoms with van der Waals surface area (Å²) >= 11 is 0. The van der Waals surface area contributed by atoms with Gasteiger partial charge < -0.3 is 15.0 Å². The lowest BCUT2D eigenvalue weighted by molar-refractivity contribution is -0.133. The Hall–Kier alpha value is -0.0700. The van der Waals surface area contributed by atoms with Crippen LogP contribution >= 0.6 is 24.8 Å². The fourth-order valence-electron chi connectivity index (χ4n) is 4.57. The van der Waals surface area contributed by atoms with Gasteiger partial charge in [0.2, 0.25) is 5.91 Å². The third-order valence-electron chi connectivity index (χ3n) is 5.90. The molecule has 1 N–H and O–H groups in total. The quantitative estimate of drug-likeness (QED) is 0.757. The maximum atomic E-state index is 12.4. The highest BCUT2D eigenvalue weighted by Crippen LogP contribution is 2.23. The van der Waals surface area contributed by atoms with Gasteiger partial charge in [-0.05, 0) is 65.0 Å². The van der Waals surface area contributed by atoms with E-state index in [9.17, 15) is 4.79 Å². The topological polar surface area (TPSA) is 44.8 Å². The molecular weight excluding hydrogens is 373 g/mol. The van der Waals surface area contributed by atoms with Gasteiger partial charge in [-0.3, -0.25) is 9.69 Å². The summed E-state index contributed by atoms with van der Waals surface area (Å²) in [5, 5.41) is 3.44. The number of hydrogen-bond donors (Lipinski definition) is 1. The fraction of sp³-hybridized carbons (Fsp3) is 0.947. The third kappa shape index (κ3) is 7.16. The molecule has 0 bridgehead atoms. The van der Waals surface area contributed by atoms with Gasteiger partial charge >= 0.3 is 0 Å². The number of hydrogen-bond acceptors (Lipinski definition) is 4. The Balaban J connectivity index is 0.00000169. The van der Waals surface area contributed by atoms with E-state index < -0.39 is 0 Å². The first-order chi connectivity index (χ1) is 11.6. The highest BCUT2D eigenvalue weighted by molar-refractivity contribution is 5.85. The van der Waals surface area contributed by atoms with Gasteiger partial charge in [0.05, 0.1) is 12.2 Å². The summed E-state index contributed by atoms with van der Waals surface area (Å²) in [6.07, 6.45) is 7.44. The van der Waals surface area contributed by atoms with Crippen molar-refractivity contribution in [2.45, 2.75) is 70.6 Å². The van der Waals surface area contributed by atoms with Crippen LogP contribution in [-0.4, -0.2) is 73.2 Å². The molecule has 0 saturated carbocycles. The molecule has 7 heteroatoms. The van der Waals surface area contributed by atoms with E-state index in [0.29, 0.717) is 30.6 Å². The van der Waals surface area contributed by atoms with Crippen LogP contribution in [0.25, 0.3) is 0 Å². The van der Waals surface area contributed by atoms with Gasteiger partial charge in [0.1, 0.15) is 0 Å². The largest absolute Gasteiger partial charge is 0.373 e. The normalized spacial score (nSPS) is 30.5. The van der Waals surface area contributed by atoms with E-state index in [1.54, 1.807) is 0 Å². The number of nitrogens with one attached hydrogen (secondary N) is 1. The van der Waals surface area contributed by atoms with E-state index in [1.165, 1.54) is 38.6 Å². The number of halogens is 2. The van der Waals surface area contributed by atoms with Crippen molar-refractivity contribution in [1.29, 1.82) is 0 Å². The smallest absolute Gasteiger partial charge is 0.224 e. The molecule has 0 radical (unpaired) electrons. The third-order valence-corrected chi connectivity index (χ3v) is 5.90. The molecule has 0 aromatic carbocycles. The standard InChI is InChI=1S/C19H35N3O2.2ClH/c1-15-13-21(14-16(2)24-15)9-5-17-6-10-22(11-7-17)19(23)12-18-4-3-8-20-18;;/h15-18,20H,3-14H2,1-2H3;2*1H. The highest BCUT2D eigenvalue weighted by Gasteiger charge is 2.27. The Labute approximate surface area is 171 Å². The molecule has 5 nitrogen and oxygen atoms in total. The molecule has 3 aliphatic heterocycles. The summed E-state index contributed by atoms with van der Waals surface area (Å²) in [6.45, 7) is 10.7. The molecule has 3 aliphatic rings. The van der Waals surface area contributed by atoms with Crippen molar-refractivity contribution in [3.05, 3.63) is 0 Å². The molecule has 3 atom stereocenters.